The van der Waals surface area contributed by atoms with Gasteiger partial charge in [-0.15, -0.1) is 0 Å². The summed E-state index contributed by atoms with van der Waals surface area (Å²) in [4.78, 5) is 54.2. The minimum Gasteiger partial charge on any atom is -0.466 e. The standard InChI is InChI=1S/C29H34O8/c1-13-11-14(25(2,3)4)20-27(6)16(22(31)35-8)18(24(33)37-10)28-12-26(5,19(13)29(20,27)28)15(21(30)34-7)17(28)23(32)36-9/h11,20H,12H2,1-10H3/t20-,26-,27+,28-,29-/m0/s1. The lowest BCUT2D eigenvalue weighted by molar-refractivity contribution is -0.142. The van der Waals surface area contributed by atoms with Crippen LogP contribution >= 0.6 is 0 Å². The van der Waals surface area contributed by atoms with Gasteiger partial charge in [-0.3, -0.25) is 0 Å². The number of esters is 4. The van der Waals surface area contributed by atoms with Crippen LogP contribution in [0.15, 0.2) is 45.1 Å². The second kappa shape index (κ2) is 7.03. The zero-order valence-electron chi connectivity index (χ0n) is 23.1. The Bertz CT molecular complexity index is 1350. The van der Waals surface area contributed by atoms with Crippen LogP contribution in [0.3, 0.4) is 0 Å². The van der Waals surface area contributed by atoms with Crippen LogP contribution in [0.1, 0.15) is 48.0 Å². The molecule has 2 spiro atoms. The van der Waals surface area contributed by atoms with Crippen molar-refractivity contribution in [1.29, 1.82) is 0 Å². The number of methoxy groups -OCH3 is 4. The number of fused-ring (bicyclic) bond motifs is 3. The zero-order valence-corrected chi connectivity index (χ0v) is 23.1. The van der Waals surface area contributed by atoms with E-state index >= 15 is 0 Å². The lowest BCUT2D eigenvalue weighted by Crippen LogP contribution is -2.43. The highest BCUT2D eigenvalue weighted by Crippen LogP contribution is 2.99. The van der Waals surface area contributed by atoms with E-state index in [0.29, 0.717) is 0 Å². The van der Waals surface area contributed by atoms with E-state index in [9.17, 15) is 19.2 Å². The summed E-state index contributed by atoms with van der Waals surface area (Å²) in [5.41, 5.74) is -0.584. The minimum atomic E-state index is -1.32. The van der Waals surface area contributed by atoms with Crippen LogP contribution in [0.4, 0.5) is 0 Å². The van der Waals surface area contributed by atoms with E-state index in [4.69, 9.17) is 18.9 Å². The first-order valence-corrected chi connectivity index (χ1v) is 12.4. The SMILES string of the molecule is COC(=O)C1=C(C(=O)OC)[C@]23C[C@]1(C)C1=C(C)C=C(C(C)(C)C)[C@@H]4[C@]12[C@]4(C)C(C(=O)OC)=C3C(=O)OC. The molecule has 198 valence electrons. The monoisotopic (exact) mass is 510 g/mol. The summed E-state index contributed by atoms with van der Waals surface area (Å²) in [6.45, 7) is 12.3. The molecule has 0 aromatic heterocycles. The molecule has 0 saturated heterocycles. The van der Waals surface area contributed by atoms with Crippen LogP contribution in [0.25, 0.3) is 0 Å². The topological polar surface area (TPSA) is 105 Å². The zero-order chi connectivity index (χ0) is 27.7. The summed E-state index contributed by atoms with van der Waals surface area (Å²) >= 11 is 0. The van der Waals surface area contributed by atoms with E-state index in [1.54, 1.807) is 0 Å². The maximum absolute atomic E-state index is 13.7. The van der Waals surface area contributed by atoms with Gasteiger partial charge in [-0.1, -0.05) is 51.8 Å². The Balaban J connectivity index is 2.05. The van der Waals surface area contributed by atoms with E-state index in [1.165, 1.54) is 28.4 Å². The molecular weight excluding hydrogens is 476 g/mol. The predicted molar refractivity (Wildman–Crippen MR) is 132 cm³/mol. The molecule has 8 heteroatoms. The van der Waals surface area contributed by atoms with Crippen LogP contribution in [0.5, 0.6) is 0 Å². The second-order valence-electron chi connectivity index (χ2n) is 12.2. The lowest BCUT2D eigenvalue weighted by Gasteiger charge is -2.44. The molecule has 0 aromatic rings. The first-order chi connectivity index (χ1) is 17.1. The molecule has 5 atom stereocenters. The maximum atomic E-state index is 13.7. The molecule has 0 aliphatic heterocycles. The average molecular weight is 511 g/mol. The highest BCUT2D eigenvalue weighted by atomic mass is 16.5. The van der Waals surface area contributed by atoms with Gasteiger partial charge in [0.05, 0.1) is 50.7 Å². The minimum absolute atomic E-state index is 0.0871. The van der Waals surface area contributed by atoms with Crippen LogP contribution in [-0.2, 0) is 38.1 Å². The third-order valence-corrected chi connectivity index (χ3v) is 9.91. The molecule has 0 radical (unpaired) electrons. The summed E-state index contributed by atoms with van der Waals surface area (Å²) in [7, 11) is 5.04. The summed E-state index contributed by atoms with van der Waals surface area (Å²) in [5, 5.41) is 0. The van der Waals surface area contributed by atoms with Gasteiger partial charge in [0.1, 0.15) is 0 Å². The van der Waals surface area contributed by atoms with Crippen molar-refractivity contribution in [2.24, 2.45) is 33.0 Å². The maximum Gasteiger partial charge on any atom is 0.335 e. The Morgan fingerprint density at radius 2 is 1.22 bits per heavy atom. The number of carbonyl (C=O) groups is 4. The smallest absolute Gasteiger partial charge is 0.335 e. The normalized spacial score (nSPS) is 36.7. The number of rotatable bonds is 4. The van der Waals surface area contributed by atoms with Gasteiger partial charge >= 0.3 is 23.9 Å². The van der Waals surface area contributed by atoms with E-state index in [0.717, 1.165) is 16.7 Å². The Hall–Kier alpha value is -3.16. The van der Waals surface area contributed by atoms with Gasteiger partial charge < -0.3 is 18.9 Å². The molecule has 2 saturated carbocycles. The molecule has 5 aliphatic rings. The molecule has 0 amide bonds. The summed E-state index contributed by atoms with van der Waals surface area (Å²) in [6.07, 6.45) is 2.40. The van der Waals surface area contributed by atoms with Crippen molar-refractivity contribution in [3.63, 3.8) is 0 Å². The molecular formula is C29H34O8. The van der Waals surface area contributed by atoms with Crippen LogP contribution < -0.4 is 0 Å². The van der Waals surface area contributed by atoms with E-state index in [-0.39, 0.29) is 40.0 Å². The summed E-state index contributed by atoms with van der Waals surface area (Å²) < 4.78 is 21.0. The van der Waals surface area contributed by atoms with Gasteiger partial charge in [0.15, 0.2) is 0 Å². The van der Waals surface area contributed by atoms with Crippen molar-refractivity contribution >= 4 is 23.9 Å². The first kappa shape index (κ1) is 25.5. The lowest BCUT2D eigenvalue weighted by atomic mass is 9.58. The Kier molecular flexibility index (Phi) is 4.84. The third-order valence-electron chi connectivity index (χ3n) is 9.91. The van der Waals surface area contributed by atoms with Gasteiger partial charge in [-0.25, -0.2) is 19.2 Å². The second-order valence-corrected chi connectivity index (χ2v) is 12.2. The Morgan fingerprint density at radius 3 is 1.68 bits per heavy atom. The van der Waals surface area contributed by atoms with E-state index in [1.807, 2.05) is 20.8 Å². The van der Waals surface area contributed by atoms with Crippen molar-refractivity contribution in [3.05, 3.63) is 45.1 Å². The van der Waals surface area contributed by atoms with Gasteiger partial charge in [0, 0.05) is 27.6 Å². The molecule has 0 heterocycles. The number of allylic oxidation sites excluding steroid dienone is 4. The van der Waals surface area contributed by atoms with Crippen molar-refractivity contribution in [3.8, 4) is 0 Å². The predicted octanol–water partition coefficient (Wildman–Crippen LogP) is 3.62. The number of hydrogen-bond donors (Lipinski definition) is 0. The van der Waals surface area contributed by atoms with Crippen LogP contribution in [0.2, 0.25) is 0 Å². The molecule has 8 nitrogen and oxygen atoms in total. The van der Waals surface area contributed by atoms with Crippen LogP contribution in [0, 0.1) is 33.0 Å². The molecule has 0 unspecified atom stereocenters. The Labute approximate surface area is 216 Å². The highest BCUT2D eigenvalue weighted by Gasteiger charge is 2.98. The average Bonchev–Trinajstić information content (AvgIpc) is 3.05. The fourth-order valence-corrected chi connectivity index (χ4v) is 9.26. The number of hydrogen-bond acceptors (Lipinski definition) is 8. The van der Waals surface area contributed by atoms with Crippen molar-refractivity contribution in [2.45, 2.75) is 48.0 Å². The van der Waals surface area contributed by atoms with Crippen LogP contribution in [-0.4, -0.2) is 52.3 Å². The molecule has 2 bridgehead atoms. The summed E-state index contributed by atoms with van der Waals surface area (Å²) in [6, 6.07) is 0. The fourth-order valence-electron chi connectivity index (χ4n) is 9.26. The molecule has 5 aliphatic carbocycles. The van der Waals surface area contributed by atoms with E-state index in [2.05, 4.69) is 26.8 Å². The Morgan fingerprint density at radius 1 is 0.784 bits per heavy atom. The van der Waals surface area contributed by atoms with E-state index < -0.39 is 45.5 Å². The highest BCUT2D eigenvalue weighted by molar-refractivity contribution is 6.14. The van der Waals surface area contributed by atoms with Gasteiger partial charge in [-0.2, -0.15) is 0 Å². The summed E-state index contributed by atoms with van der Waals surface area (Å²) in [5.74, 6) is -2.93. The molecule has 0 N–H and O–H groups in total. The van der Waals surface area contributed by atoms with Crippen molar-refractivity contribution in [1.82, 2.24) is 0 Å². The van der Waals surface area contributed by atoms with Gasteiger partial charge in [0.2, 0.25) is 0 Å². The molecule has 2 fully saturated rings. The largest absolute Gasteiger partial charge is 0.466 e. The number of ether oxygens (including phenoxy) is 4. The van der Waals surface area contributed by atoms with Gasteiger partial charge in [-0.05, 0) is 24.3 Å². The van der Waals surface area contributed by atoms with Crippen molar-refractivity contribution in [2.75, 3.05) is 28.4 Å². The molecule has 37 heavy (non-hydrogen) atoms. The molecule has 0 aromatic carbocycles. The quantitative estimate of drug-likeness (QED) is 0.417. The van der Waals surface area contributed by atoms with Crippen molar-refractivity contribution < 1.29 is 38.1 Å². The first-order valence-electron chi connectivity index (χ1n) is 12.4. The number of carbonyl (C=O) groups excluding carboxylic acids is 4. The molecule has 5 rings (SSSR count). The van der Waals surface area contributed by atoms with Gasteiger partial charge in [0.25, 0.3) is 0 Å². The fraction of sp³-hybridized carbons (Fsp3) is 0.586. The third kappa shape index (κ3) is 2.29.